The Hall–Kier alpha value is -2.36. The lowest BCUT2D eigenvalue weighted by atomic mass is 9.76. The van der Waals surface area contributed by atoms with Gasteiger partial charge in [-0.05, 0) is 48.6 Å². The first-order valence-corrected chi connectivity index (χ1v) is 8.18. The van der Waals surface area contributed by atoms with Crippen molar-refractivity contribution in [2.45, 2.75) is 38.7 Å². The second-order valence-corrected chi connectivity index (χ2v) is 6.52. The molecule has 0 N–H and O–H groups in total. The Balaban J connectivity index is 1.49. The molecule has 1 aliphatic rings. The van der Waals surface area contributed by atoms with Crippen molar-refractivity contribution in [3.05, 3.63) is 54.2 Å². The van der Waals surface area contributed by atoms with Crippen LogP contribution in [-0.4, -0.2) is 10.2 Å². The SMILES string of the molecule is CC1CC(c2nnc(C(C)Oc3ccc4ccccc4c3)o2)C1. The average Bonchev–Trinajstić information content (AvgIpc) is 3.01. The third kappa shape index (κ3) is 2.81. The molecule has 0 saturated heterocycles. The minimum absolute atomic E-state index is 0.255. The van der Waals surface area contributed by atoms with E-state index in [0.29, 0.717) is 11.8 Å². The monoisotopic (exact) mass is 308 g/mol. The van der Waals surface area contributed by atoms with Gasteiger partial charge in [-0.1, -0.05) is 37.3 Å². The predicted molar refractivity (Wildman–Crippen MR) is 88.4 cm³/mol. The van der Waals surface area contributed by atoms with E-state index in [9.17, 15) is 0 Å². The highest BCUT2D eigenvalue weighted by Gasteiger charge is 2.31. The van der Waals surface area contributed by atoms with Gasteiger partial charge in [-0.25, -0.2) is 0 Å². The molecule has 0 amide bonds. The van der Waals surface area contributed by atoms with Gasteiger partial charge in [0, 0.05) is 5.92 Å². The van der Waals surface area contributed by atoms with Crippen LogP contribution in [0.2, 0.25) is 0 Å². The molecular weight excluding hydrogens is 288 g/mol. The number of ether oxygens (including phenoxy) is 1. The molecule has 0 radical (unpaired) electrons. The van der Waals surface area contributed by atoms with Crippen molar-refractivity contribution < 1.29 is 9.15 Å². The van der Waals surface area contributed by atoms with Gasteiger partial charge in [0.05, 0.1) is 0 Å². The van der Waals surface area contributed by atoms with Crippen LogP contribution in [0.5, 0.6) is 5.75 Å². The second kappa shape index (κ2) is 5.69. The van der Waals surface area contributed by atoms with Crippen LogP contribution in [0.1, 0.15) is 50.5 Å². The molecule has 1 atom stereocenters. The number of hydrogen-bond acceptors (Lipinski definition) is 4. The third-order valence-electron chi connectivity index (χ3n) is 4.56. The van der Waals surface area contributed by atoms with Crippen molar-refractivity contribution in [3.8, 4) is 5.75 Å². The average molecular weight is 308 g/mol. The third-order valence-corrected chi connectivity index (χ3v) is 4.56. The minimum Gasteiger partial charge on any atom is -0.481 e. The predicted octanol–water partition coefficient (Wildman–Crippen LogP) is 4.88. The van der Waals surface area contributed by atoms with E-state index in [0.717, 1.165) is 35.8 Å². The quantitative estimate of drug-likeness (QED) is 0.689. The van der Waals surface area contributed by atoms with Crippen LogP contribution in [0.25, 0.3) is 10.8 Å². The first-order chi connectivity index (χ1) is 11.2. The molecule has 0 bridgehead atoms. The molecule has 1 unspecified atom stereocenters. The van der Waals surface area contributed by atoms with Crippen LogP contribution in [-0.2, 0) is 0 Å². The Morgan fingerprint density at radius 2 is 1.87 bits per heavy atom. The number of hydrogen-bond donors (Lipinski definition) is 0. The zero-order chi connectivity index (χ0) is 15.8. The summed E-state index contributed by atoms with van der Waals surface area (Å²) in [5.41, 5.74) is 0. The van der Waals surface area contributed by atoms with Crippen LogP contribution >= 0.6 is 0 Å². The van der Waals surface area contributed by atoms with E-state index in [-0.39, 0.29) is 6.10 Å². The summed E-state index contributed by atoms with van der Waals surface area (Å²) in [6.45, 7) is 4.19. The molecule has 4 heteroatoms. The highest BCUT2D eigenvalue weighted by molar-refractivity contribution is 5.83. The van der Waals surface area contributed by atoms with Gasteiger partial charge in [0.25, 0.3) is 5.89 Å². The summed E-state index contributed by atoms with van der Waals surface area (Å²) in [5.74, 6) is 3.31. The van der Waals surface area contributed by atoms with E-state index in [4.69, 9.17) is 9.15 Å². The van der Waals surface area contributed by atoms with Gasteiger partial charge >= 0.3 is 0 Å². The van der Waals surface area contributed by atoms with Crippen LogP contribution < -0.4 is 4.74 Å². The molecule has 2 aromatic carbocycles. The highest BCUT2D eigenvalue weighted by Crippen LogP contribution is 2.40. The van der Waals surface area contributed by atoms with Gasteiger partial charge in [-0.3, -0.25) is 0 Å². The Kier molecular flexibility index (Phi) is 3.52. The first kappa shape index (κ1) is 14.2. The summed E-state index contributed by atoms with van der Waals surface area (Å²) in [7, 11) is 0. The van der Waals surface area contributed by atoms with E-state index < -0.39 is 0 Å². The maximum absolute atomic E-state index is 5.98. The number of fused-ring (bicyclic) bond motifs is 1. The summed E-state index contributed by atoms with van der Waals surface area (Å²) in [6.07, 6.45) is 2.03. The van der Waals surface area contributed by atoms with E-state index in [2.05, 4.69) is 35.3 Å². The van der Waals surface area contributed by atoms with Crippen molar-refractivity contribution in [2.75, 3.05) is 0 Å². The number of aromatic nitrogens is 2. The smallest absolute Gasteiger partial charge is 0.256 e. The highest BCUT2D eigenvalue weighted by atomic mass is 16.5. The Labute approximate surface area is 135 Å². The molecule has 3 aromatic rings. The molecule has 1 saturated carbocycles. The van der Waals surface area contributed by atoms with Crippen molar-refractivity contribution in [1.82, 2.24) is 10.2 Å². The maximum atomic E-state index is 5.98. The van der Waals surface area contributed by atoms with E-state index in [1.807, 2.05) is 31.2 Å². The van der Waals surface area contributed by atoms with Crippen molar-refractivity contribution in [3.63, 3.8) is 0 Å². The topological polar surface area (TPSA) is 48.2 Å². The molecule has 0 aliphatic heterocycles. The van der Waals surface area contributed by atoms with Crippen molar-refractivity contribution in [1.29, 1.82) is 0 Å². The number of benzene rings is 2. The van der Waals surface area contributed by atoms with Crippen molar-refractivity contribution in [2.24, 2.45) is 5.92 Å². The normalized spacial score (nSPS) is 21.8. The lowest BCUT2D eigenvalue weighted by Crippen LogP contribution is -2.19. The van der Waals surface area contributed by atoms with Gasteiger partial charge in [-0.15, -0.1) is 10.2 Å². The minimum atomic E-state index is -0.255. The van der Waals surface area contributed by atoms with E-state index in [1.54, 1.807) is 0 Å². The molecule has 4 rings (SSSR count). The molecule has 1 heterocycles. The van der Waals surface area contributed by atoms with Gasteiger partial charge in [0.1, 0.15) is 5.75 Å². The number of rotatable bonds is 4. The van der Waals surface area contributed by atoms with Crippen LogP contribution in [0, 0.1) is 5.92 Å². The van der Waals surface area contributed by atoms with Crippen LogP contribution in [0.3, 0.4) is 0 Å². The summed E-state index contributed by atoms with van der Waals surface area (Å²) in [5, 5.41) is 10.7. The fraction of sp³-hybridized carbons (Fsp3) is 0.368. The lowest BCUT2D eigenvalue weighted by Gasteiger charge is -2.29. The van der Waals surface area contributed by atoms with Crippen LogP contribution in [0.4, 0.5) is 0 Å². The summed E-state index contributed by atoms with van der Waals surface area (Å²) >= 11 is 0. The molecule has 118 valence electrons. The number of nitrogens with zero attached hydrogens (tertiary/aromatic N) is 2. The van der Waals surface area contributed by atoms with Gasteiger partial charge in [-0.2, -0.15) is 0 Å². The fourth-order valence-electron chi connectivity index (χ4n) is 3.18. The standard InChI is InChI=1S/C19H20N2O2/c1-12-9-16(10-12)19-21-20-18(23-19)13(2)22-17-8-7-14-5-3-4-6-15(14)11-17/h3-8,11-13,16H,9-10H2,1-2H3. The first-order valence-electron chi connectivity index (χ1n) is 8.18. The maximum Gasteiger partial charge on any atom is 0.256 e. The molecule has 0 spiro atoms. The molecular formula is C19H20N2O2. The Morgan fingerprint density at radius 3 is 2.65 bits per heavy atom. The molecule has 1 fully saturated rings. The van der Waals surface area contributed by atoms with Gasteiger partial charge in [0.15, 0.2) is 6.10 Å². The fourth-order valence-corrected chi connectivity index (χ4v) is 3.18. The van der Waals surface area contributed by atoms with Gasteiger partial charge < -0.3 is 9.15 Å². The largest absolute Gasteiger partial charge is 0.481 e. The van der Waals surface area contributed by atoms with Crippen molar-refractivity contribution >= 4 is 10.8 Å². The summed E-state index contributed by atoms with van der Waals surface area (Å²) in [4.78, 5) is 0. The van der Waals surface area contributed by atoms with Crippen LogP contribution in [0.15, 0.2) is 46.9 Å². The Morgan fingerprint density at radius 1 is 1.09 bits per heavy atom. The Bertz CT molecular complexity index is 821. The summed E-state index contributed by atoms with van der Waals surface area (Å²) < 4.78 is 11.8. The van der Waals surface area contributed by atoms with E-state index in [1.165, 1.54) is 5.39 Å². The summed E-state index contributed by atoms with van der Waals surface area (Å²) in [6, 6.07) is 14.3. The van der Waals surface area contributed by atoms with Gasteiger partial charge in [0.2, 0.25) is 5.89 Å². The lowest BCUT2D eigenvalue weighted by molar-refractivity contribution is 0.176. The zero-order valence-corrected chi connectivity index (χ0v) is 13.4. The molecule has 1 aromatic heterocycles. The zero-order valence-electron chi connectivity index (χ0n) is 13.4. The molecule has 1 aliphatic carbocycles. The molecule has 23 heavy (non-hydrogen) atoms. The molecule has 4 nitrogen and oxygen atoms in total. The van der Waals surface area contributed by atoms with E-state index >= 15 is 0 Å². The second-order valence-electron chi connectivity index (χ2n) is 6.52.